The molecule has 2 rings (SSSR count). The monoisotopic (exact) mass is 244 g/mol. The fraction of sp³-hybridized carbons (Fsp3) is 0.500. The first kappa shape index (κ1) is 11.0. The highest BCUT2D eigenvalue weighted by atomic mass is 35.5. The van der Waals surface area contributed by atoms with Gasteiger partial charge >= 0.3 is 0 Å². The first-order valence-corrected chi connectivity index (χ1v) is 5.65. The summed E-state index contributed by atoms with van der Waals surface area (Å²) in [6.45, 7) is 1.47. The van der Waals surface area contributed by atoms with Gasteiger partial charge in [0, 0.05) is 24.2 Å². The molecule has 0 spiro atoms. The highest BCUT2D eigenvalue weighted by molar-refractivity contribution is 7.80. The first-order valence-electron chi connectivity index (χ1n) is 4.83. The Labute approximate surface area is 99.5 Å². The number of rotatable bonds is 2. The van der Waals surface area contributed by atoms with Crippen LogP contribution in [0, 0.1) is 0 Å². The van der Waals surface area contributed by atoms with Crippen LogP contribution >= 0.6 is 24.2 Å². The zero-order valence-electron chi connectivity index (χ0n) is 8.23. The molecular formula is C10H13ClN2OS. The van der Waals surface area contributed by atoms with Gasteiger partial charge in [0.15, 0.2) is 0 Å². The molecule has 1 aliphatic rings. The maximum absolute atomic E-state index is 9.15. The highest BCUT2D eigenvalue weighted by Gasteiger charge is 2.36. The summed E-state index contributed by atoms with van der Waals surface area (Å²) in [5, 5.41) is 9.15. The Bertz CT molecular complexity index is 363. The summed E-state index contributed by atoms with van der Waals surface area (Å²) in [6.07, 6.45) is 2.51. The average molecular weight is 245 g/mol. The summed E-state index contributed by atoms with van der Waals surface area (Å²) in [7, 11) is 0. The van der Waals surface area contributed by atoms with E-state index in [1.54, 1.807) is 6.20 Å². The van der Waals surface area contributed by atoms with Crippen molar-refractivity contribution in [2.75, 3.05) is 24.6 Å². The Morgan fingerprint density at radius 2 is 2.47 bits per heavy atom. The number of aliphatic hydroxyl groups is 1. The van der Waals surface area contributed by atoms with Gasteiger partial charge in [-0.05, 0) is 18.6 Å². The van der Waals surface area contributed by atoms with Crippen LogP contribution in [0.1, 0.15) is 6.42 Å². The number of halogens is 1. The fourth-order valence-electron chi connectivity index (χ4n) is 1.74. The van der Waals surface area contributed by atoms with E-state index in [1.165, 1.54) is 0 Å². The van der Waals surface area contributed by atoms with Crippen LogP contribution in [0.2, 0.25) is 0 Å². The Morgan fingerprint density at radius 3 is 3.07 bits per heavy atom. The van der Waals surface area contributed by atoms with Crippen molar-refractivity contribution in [2.45, 2.75) is 16.2 Å². The summed E-state index contributed by atoms with van der Waals surface area (Å²) in [4.78, 5) is 6.71. The van der Waals surface area contributed by atoms with Crippen LogP contribution < -0.4 is 4.90 Å². The third-order valence-electron chi connectivity index (χ3n) is 2.64. The van der Waals surface area contributed by atoms with E-state index in [0.29, 0.717) is 6.54 Å². The molecule has 1 aliphatic heterocycles. The van der Waals surface area contributed by atoms with Crippen LogP contribution in [-0.4, -0.2) is 34.7 Å². The van der Waals surface area contributed by atoms with Gasteiger partial charge in [-0.15, -0.1) is 24.2 Å². The molecule has 0 aromatic carbocycles. The normalized spacial score (nSPS) is 25.9. The molecule has 15 heavy (non-hydrogen) atoms. The van der Waals surface area contributed by atoms with Crippen LogP contribution in [0.3, 0.4) is 0 Å². The lowest BCUT2D eigenvalue weighted by Gasteiger charge is -2.20. The fourth-order valence-corrected chi connectivity index (χ4v) is 2.15. The number of aromatic nitrogens is 1. The number of hydrogen-bond acceptors (Lipinski definition) is 4. The van der Waals surface area contributed by atoms with Crippen molar-refractivity contribution in [3.05, 3.63) is 18.3 Å². The topological polar surface area (TPSA) is 36.4 Å². The van der Waals surface area contributed by atoms with Gasteiger partial charge in [-0.3, -0.25) is 0 Å². The van der Waals surface area contributed by atoms with Crippen molar-refractivity contribution in [3.8, 4) is 0 Å². The molecule has 1 fully saturated rings. The van der Waals surface area contributed by atoms with Gasteiger partial charge in [0.1, 0.15) is 5.82 Å². The minimum atomic E-state index is -0.506. The predicted octanol–water partition coefficient (Wildman–Crippen LogP) is 1.55. The van der Waals surface area contributed by atoms with E-state index in [9.17, 15) is 0 Å². The number of nitrogens with zero attached hydrogens (tertiary/aromatic N) is 2. The van der Waals surface area contributed by atoms with Gasteiger partial charge in [0.05, 0.1) is 11.5 Å². The Kier molecular flexibility index (Phi) is 3.09. The second-order valence-corrected chi connectivity index (χ2v) is 5.17. The zero-order valence-corrected chi connectivity index (χ0v) is 9.88. The first-order chi connectivity index (χ1) is 7.13. The maximum Gasteiger partial charge on any atom is 0.129 e. The molecule has 1 aromatic heterocycles. The SMILES string of the molecule is OC[C@]1(Cl)CCN(c2cc(S)ccn2)C1. The third kappa shape index (κ3) is 2.38. The van der Waals surface area contributed by atoms with E-state index in [-0.39, 0.29) is 6.61 Å². The molecule has 0 unspecified atom stereocenters. The molecule has 1 N–H and O–H groups in total. The molecule has 1 atom stereocenters. The molecule has 1 saturated heterocycles. The molecule has 2 heterocycles. The predicted molar refractivity (Wildman–Crippen MR) is 64.0 cm³/mol. The lowest BCUT2D eigenvalue weighted by atomic mass is 10.1. The molecule has 0 bridgehead atoms. The van der Waals surface area contributed by atoms with E-state index >= 15 is 0 Å². The molecule has 0 aliphatic carbocycles. The summed E-state index contributed by atoms with van der Waals surface area (Å²) in [5.41, 5.74) is 0. The Morgan fingerprint density at radius 1 is 1.67 bits per heavy atom. The highest BCUT2D eigenvalue weighted by Crippen LogP contribution is 2.30. The molecule has 0 radical (unpaired) electrons. The van der Waals surface area contributed by atoms with Crippen molar-refractivity contribution in [3.63, 3.8) is 0 Å². The van der Waals surface area contributed by atoms with E-state index in [0.717, 1.165) is 23.7 Å². The van der Waals surface area contributed by atoms with E-state index < -0.39 is 4.87 Å². The van der Waals surface area contributed by atoms with E-state index in [4.69, 9.17) is 16.7 Å². The van der Waals surface area contributed by atoms with Crippen molar-refractivity contribution >= 4 is 30.0 Å². The quantitative estimate of drug-likeness (QED) is 0.612. The second-order valence-electron chi connectivity index (χ2n) is 3.85. The molecule has 0 amide bonds. The van der Waals surface area contributed by atoms with Gasteiger partial charge in [0.25, 0.3) is 0 Å². The smallest absolute Gasteiger partial charge is 0.129 e. The van der Waals surface area contributed by atoms with Crippen LogP contribution in [0.4, 0.5) is 5.82 Å². The minimum absolute atomic E-state index is 0.00558. The lowest BCUT2D eigenvalue weighted by Crippen LogP contribution is -2.31. The summed E-state index contributed by atoms with van der Waals surface area (Å²) < 4.78 is 0. The molecular weight excluding hydrogens is 232 g/mol. The Hall–Kier alpha value is -0.450. The molecule has 5 heteroatoms. The number of pyridine rings is 1. The van der Waals surface area contributed by atoms with E-state index in [1.807, 2.05) is 12.1 Å². The van der Waals surface area contributed by atoms with Crippen LogP contribution in [-0.2, 0) is 0 Å². The maximum atomic E-state index is 9.15. The molecule has 3 nitrogen and oxygen atoms in total. The van der Waals surface area contributed by atoms with Crippen molar-refractivity contribution in [1.82, 2.24) is 4.98 Å². The van der Waals surface area contributed by atoms with Crippen molar-refractivity contribution in [1.29, 1.82) is 0 Å². The van der Waals surface area contributed by atoms with Gasteiger partial charge < -0.3 is 10.0 Å². The number of aliphatic hydroxyl groups excluding tert-OH is 1. The zero-order chi connectivity index (χ0) is 10.9. The van der Waals surface area contributed by atoms with E-state index in [2.05, 4.69) is 22.5 Å². The Balaban J connectivity index is 2.14. The van der Waals surface area contributed by atoms with Crippen molar-refractivity contribution in [2.24, 2.45) is 0 Å². The van der Waals surface area contributed by atoms with Crippen molar-refractivity contribution < 1.29 is 5.11 Å². The third-order valence-corrected chi connectivity index (χ3v) is 3.35. The largest absolute Gasteiger partial charge is 0.394 e. The lowest BCUT2D eigenvalue weighted by molar-refractivity contribution is 0.253. The van der Waals surface area contributed by atoms with Gasteiger partial charge in [-0.25, -0.2) is 4.98 Å². The summed E-state index contributed by atoms with van der Waals surface area (Å²) in [5.74, 6) is 0.874. The molecule has 0 saturated carbocycles. The van der Waals surface area contributed by atoms with Crippen LogP contribution in [0.15, 0.2) is 23.2 Å². The molecule has 1 aromatic rings. The molecule has 82 valence electrons. The van der Waals surface area contributed by atoms with Crippen LogP contribution in [0.25, 0.3) is 0 Å². The van der Waals surface area contributed by atoms with Gasteiger partial charge in [-0.2, -0.15) is 0 Å². The number of alkyl halides is 1. The van der Waals surface area contributed by atoms with Gasteiger partial charge in [-0.1, -0.05) is 0 Å². The standard InChI is InChI=1S/C10H13ClN2OS/c11-10(7-14)2-4-13(6-10)9-5-8(15)1-3-12-9/h1,3,5,14H,2,4,6-7H2,(H,12,15)/t10-/m0/s1. The summed E-state index contributed by atoms with van der Waals surface area (Å²) >= 11 is 10.5. The number of thiol groups is 1. The number of hydrogen-bond donors (Lipinski definition) is 2. The number of anilines is 1. The van der Waals surface area contributed by atoms with Crippen LogP contribution in [0.5, 0.6) is 0 Å². The summed E-state index contributed by atoms with van der Waals surface area (Å²) in [6, 6.07) is 3.74. The average Bonchev–Trinajstić information content (AvgIpc) is 2.62. The minimum Gasteiger partial charge on any atom is -0.394 e. The second kappa shape index (κ2) is 4.20. The van der Waals surface area contributed by atoms with Gasteiger partial charge in [0.2, 0.25) is 0 Å².